The lowest BCUT2D eigenvalue weighted by Gasteiger charge is -2.16. The number of hydrazone groups is 1. The van der Waals surface area contributed by atoms with E-state index in [1.165, 1.54) is 24.3 Å². The van der Waals surface area contributed by atoms with E-state index >= 15 is 0 Å². The van der Waals surface area contributed by atoms with E-state index in [1.807, 2.05) is 10.8 Å². The second-order valence-corrected chi connectivity index (χ2v) is 9.78. The van der Waals surface area contributed by atoms with Crippen LogP contribution in [0.5, 0.6) is 0 Å². The zero-order valence-corrected chi connectivity index (χ0v) is 19.3. The molecule has 166 valence electrons. The van der Waals surface area contributed by atoms with Crippen molar-refractivity contribution >= 4 is 45.0 Å². The molecule has 1 unspecified atom stereocenters. The summed E-state index contributed by atoms with van der Waals surface area (Å²) < 4.78 is 27.3. The van der Waals surface area contributed by atoms with Crippen LogP contribution in [0.3, 0.4) is 0 Å². The molecule has 0 aliphatic carbocycles. The Bertz CT molecular complexity index is 1380. The van der Waals surface area contributed by atoms with Gasteiger partial charge in [-0.15, -0.1) is 0 Å². The van der Waals surface area contributed by atoms with E-state index in [2.05, 4.69) is 11.2 Å². The van der Waals surface area contributed by atoms with Gasteiger partial charge < -0.3 is 0 Å². The fourth-order valence-corrected chi connectivity index (χ4v) is 4.64. The summed E-state index contributed by atoms with van der Waals surface area (Å²) in [7, 11) is -4.12. The average molecular weight is 499 g/mol. The molecule has 0 saturated carbocycles. The number of hydrogen-bond donors (Lipinski definition) is 1. The van der Waals surface area contributed by atoms with Crippen molar-refractivity contribution in [3.05, 3.63) is 99.5 Å². The molecule has 0 bridgehead atoms. The van der Waals surface area contributed by atoms with Gasteiger partial charge in [0.2, 0.25) is 0 Å². The van der Waals surface area contributed by atoms with Gasteiger partial charge in [-0.3, -0.25) is 0 Å². The van der Waals surface area contributed by atoms with Crippen molar-refractivity contribution in [2.45, 2.75) is 10.8 Å². The minimum Gasteiger partial charge on any atom is -0.246 e. The average Bonchev–Trinajstić information content (AvgIpc) is 3.25. The van der Waals surface area contributed by atoms with Crippen molar-refractivity contribution in [3.63, 3.8) is 0 Å². The Labute approximate surface area is 200 Å². The summed E-state index contributed by atoms with van der Waals surface area (Å²) in [5.74, 6) is -0.372. The molecule has 4 rings (SSSR count). The lowest BCUT2D eigenvalue weighted by Crippen LogP contribution is -2.39. The van der Waals surface area contributed by atoms with E-state index in [-0.39, 0.29) is 17.4 Å². The predicted octanol–water partition coefficient (Wildman–Crippen LogP) is 4.77. The van der Waals surface area contributed by atoms with Crippen LogP contribution in [0.4, 0.5) is 4.79 Å². The molecule has 1 N–H and O–H groups in total. The first kappa shape index (κ1) is 22.8. The lowest BCUT2D eigenvalue weighted by molar-refractivity contribution is 0.210. The van der Waals surface area contributed by atoms with Gasteiger partial charge in [-0.2, -0.15) is 10.4 Å². The fraction of sp³-hybridized carbons (Fsp3) is 0.0870. The number of halogens is 2. The summed E-state index contributed by atoms with van der Waals surface area (Å²) in [6.07, 6.45) is 0. The van der Waals surface area contributed by atoms with Crippen LogP contribution in [0.15, 0.2) is 82.8 Å². The zero-order chi connectivity index (χ0) is 23.6. The summed E-state index contributed by atoms with van der Waals surface area (Å²) in [5, 5.41) is 15.7. The molecule has 0 aromatic heterocycles. The Hall–Kier alpha value is -3.38. The number of nitrogens with zero attached hydrogens (tertiary/aromatic N) is 3. The van der Waals surface area contributed by atoms with Crippen LogP contribution in [0.2, 0.25) is 10.0 Å². The number of carbonyl (C=O) groups excluding carboxylic acids is 1. The quantitative estimate of drug-likeness (QED) is 0.559. The second kappa shape index (κ2) is 9.24. The molecule has 7 nitrogen and oxygen atoms in total. The summed E-state index contributed by atoms with van der Waals surface area (Å²) in [6.45, 7) is 0.0921. The highest BCUT2D eigenvalue weighted by Crippen LogP contribution is 2.30. The maximum Gasteiger partial charge on any atom is 0.351 e. The van der Waals surface area contributed by atoms with Gasteiger partial charge in [-0.1, -0.05) is 47.5 Å². The van der Waals surface area contributed by atoms with Crippen LogP contribution in [-0.2, 0) is 10.0 Å². The van der Waals surface area contributed by atoms with Crippen molar-refractivity contribution in [2.24, 2.45) is 5.10 Å². The SMILES string of the molecule is N#Cc1cccc(C2CN(C(=O)NS(=O)(=O)c3ccc(Cl)cc3)N=C2c2ccc(Cl)cc2)c1. The molecule has 0 saturated heterocycles. The lowest BCUT2D eigenvalue weighted by atomic mass is 9.90. The molecular weight excluding hydrogens is 483 g/mol. The second-order valence-electron chi connectivity index (χ2n) is 7.23. The fourth-order valence-electron chi connectivity index (χ4n) is 3.44. The van der Waals surface area contributed by atoms with Crippen LogP contribution < -0.4 is 4.72 Å². The molecule has 0 fully saturated rings. The first-order valence-electron chi connectivity index (χ1n) is 9.71. The number of carbonyl (C=O) groups is 1. The zero-order valence-electron chi connectivity index (χ0n) is 16.9. The first-order valence-corrected chi connectivity index (χ1v) is 11.9. The summed E-state index contributed by atoms with van der Waals surface area (Å²) >= 11 is 11.8. The van der Waals surface area contributed by atoms with Gasteiger partial charge in [0.15, 0.2) is 0 Å². The van der Waals surface area contributed by atoms with E-state index in [9.17, 15) is 18.5 Å². The highest BCUT2D eigenvalue weighted by atomic mass is 35.5. The van der Waals surface area contributed by atoms with E-state index in [0.717, 1.165) is 16.1 Å². The maximum absolute atomic E-state index is 12.9. The van der Waals surface area contributed by atoms with E-state index < -0.39 is 16.1 Å². The molecule has 1 atom stereocenters. The van der Waals surface area contributed by atoms with Crippen molar-refractivity contribution < 1.29 is 13.2 Å². The molecule has 1 aliphatic heterocycles. The topological polar surface area (TPSA) is 103 Å². The summed E-state index contributed by atoms with van der Waals surface area (Å²) in [4.78, 5) is 12.8. The molecular formula is C23H16Cl2N4O3S. The van der Waals surface area contributed by atoms with Crippen LogP contribution >= 0.6 is 23.2 Å². The van der Waals surface area contributed by atoms with E-state index in [0.29, 0.717) is 21.3 Å². The Kier molecular flexibility index (Phi) is 6.38. The number of nitrogens with one attached hydrogen (secondary N) is 1. The van der Waals surface area contributed by atoms with Gasteiger partial charge in [-0.25, -0.2) is 22.9 Å². The van der Waals surface area contributed by atoms with Gasteiger partial charge in [0, 0.05) is 16.0 Å². The monoisotopic (exact) mass is 498 g/mol. The van der Waals surface area contributed by atoms with Crippen LogP contribution in [0.25, 0.3) is 0 Å². The highest BCUT2D eigenvalue weighted by molar-refractivity contribution is 7.90. The number of benzene rings is 3. The molecule has 10 heteroatoms. The number of sulfonamides is 1. The van der Waals surface area contributed by atoms with E-state index in [4.69, 9.17) is 23.2 Å². The van der Waals surface area contributed by atoms with Gasteiger partial charge in [0.1, 0.15) is 0 Å². The van der Waals surface area contributed by atoms with Gasteiger partial charge >= 0.3 is 6.03 Å². The predicted molar refractivity (Wildman–Crippen MR) is 126 cm³/mol. The maximum atomic E-state index is 12.9. The smallest absolute Gasteiger partial charge is 0.246 e. The third-order valence-corrected chi connectivity index (χ3v) is 6.89. The Balaban J connectivity index is 1.65. The molecule has 3 aromatic carbocycles. The number of hydrogen-bond acceptors (Lipinski definition) is 5. The number of nitriles is 1. The van der Waals surface area contributed by atoms with Crippen molar-refractivity contribution in [1.82, 2.24) is 9.73 Å². The summed E-state index contributed by atoms with van der Waals surface area (Å²) in [5.41, 5.74) is 2.53. The van der Waals surface area contributed by atoms with Gasteiger partial charge in [-0.05, 0) is 59.7 Å². The standard InChI is InChI=1S/C23H16Cl2N4O3S/c24-18-6-4-16(5-7-18)22-21(17-3-1-2-15(12-17)13-26)14-29(27-22)23(30)28-33(31,32)20-10-8-19(25)9-11-20/h1-12,21H,14H2,(H,28,30). The largest absolute Gasteiger partial charge is 0.351 e. The molecule has 33 heavy (non-hydrogen) atoms. The molecule has 2 amide bonds. The molecule has 1 heterocycles. The molecule has 1 aliphatic rings. The van der Waals surface area contributed by atoms with Gasteiger partial charge in [0.25, 0.3) is 10.0 Å². The molecule has 0 spiro atoms. The Morgan fingerprint density at radius 3 is 2.30 bits per heavy atom. The third-order valence-electron chi connectivity index (χ3n) is 5.05. The van der Waals surface area contributed by atoms with Crippen molar-refractivity contribution in [1.29, 1.82) is 5.26 Å². The number of urea groups is 1. The van der Waals surface area contributed by atoms with Crippen LogP contribution in [0, 0.1) is 11.3 Å². The van der Waals surface area contributed by atoms with E-state index in [1.54, 1.807) is 42.5 Å². The minimum absolute atomic E-state index is 0.0921. The van der Waals surface area contributed by atoms with Crippen LogP contribution in [-0.4, -0.2) is 31.7 Å². The van der Waals surface area contributed by atoms with Gasteiger partial charge in [0.05, 0.1) is 28.8 Å². The highest BCUT2D eigenvalue weighted by Gasteiger charge is 2.34. The Morgan fingerprint density at radius 1 is 1.03 bits per heavy atom. The van der Waals surface area contributed by atoms with Crippen molar-refractivity contribution in [3.8, 4) is 6.07 Å². The normalized spacial score (nSPS) is 15.6. The van der Waals surface area contributed by atoms with Crippen LogP contribution in [0.1, 0.15) is 22.6 Å². The molecule has 0 radical (unpaired) electrons. The van der Waals surface area contributed by atoms with Crippen molar-refractivity contribution in [2.75, 3.05) is 6.54 Å². The number of rotatable bonds is 4. The molecule has 3 aromatic rings. The third kappa shape index (κ3) is 5.01. The Morgan fingerprint density at radius 2 is 1.67 bits per heavy atom. The minimum atomic E-state index is -4.12. The first-order chi connectivity index (χ1) is 15.8. The number of amides is 2. The summed E-state index contributed by atoms with van der Waals surface area (Å²) in [6, 6.07) is 20.6.